The van der Waals surface area contributed by atoms with Gasteiger partial charge in [0.25, 0.3) is 11.8 Å². The molecule has 0 fully saturated rings. The predicted molar refractivity (Wildman–Crippen MR) is 94.2 cm³/mol. The average molecular weight is 360 g/mol. The molecule has 0 aliphatic heterocycles. The quantitative estimate of drug-likeness (QED) is 0.709. The number of aryl methyl sites for hydroxylation is 1. The van der Waals surface area contributed by atoms with Crippen molar-refractivity contribution in [3.63, 3.8) is 0 Å². The van der Waals surface area contributed by atoms with Gasteiger partial charge < -0.3 is 10.6 Å². The van der Waals surface area contributed by atoms with Crippen LogP contribution in [0.25, 0.3) is 0 Å². The van der Waals surface area contributed by atoms with Crippen molar-refractivity contribution >= 4 is 34.5 Å². The summed E-state index contributed by atoms with van der Waals surface area (Å²) in [6.45, 7) is 0.861. The highest BCUT2D eigenvalue weighted by Crippen LogP contribution is 2.12. The smallest absolute Gasteiger partial charge is 0.270 e. The first-order valence-electron chi connectivity index (χ1n) is 7.28. The van der Waals surface area contributed by atoms with Gasteiger partial charge in [0.2, 0.25) is 0 Å². The van der Waals surface area contributed by atoms with Gasteiger partial charge in [-0.2, -0.15) is 5.10 Å². The van der Waals surface area contributed by atoms with Crippen molar-refractivity contribution < 1.29 is 9.59 Å². The van der Waals surface area contributed by atoms with E-state index in [1.807, 2.05) is 35.0 Å². The van der Waals surface area contributed by atoms with Crippen LogP contribution in [0.3, 0.4) is 0 Å². The Bertz CT molecular complexity index is 823. The predicted octanol–water partition coefficient (Wildman–Crippen LogP) is 2.40. The van der Waals surface area contributed by atoms with Gasteiger partial charge in [0.1, 0.15) is 5.69 Å². The van der Waals surface area contributed by atoms with E-state index in [2.05, 4.69) is 15.7 Å². The van der Waals surface area contributed by atoms with E-state index in [0.717, 1.165) is 9.75 Å². The van der Waals surface area contributed by atoms with Crippen molar-refractivity contribution in [1.82, 2.24) is 20.4 Å². The van der Waals surface area contributed by atoms with Crippen LogP contribution >= 0.6 is 22.7 Å². The zero-order valence-corrected chi connectivity index (χ0v) is 14.6. The second kappa shape index (κ2) is 7.41. The Morgan fingerprint density at radius 2 is 1.62 bits per heavy atom. The third kappa shape index (κ3) is 3.72. The molecule has 0 aliphatic carbocycles. The molecule has 124 valence electrons. The Kier molecular flexibility index (Phi) is 5.07. The lowest BCUT2D eigenvalue weighted by molar-refractivity contribution is 0.0911. The Balaban J connectivity index is 1.68. The fraction of sp³-hybridized carbons (Fsp3) is 0.188. The van der Waals surface area contributed by atoms with Gasteiger partial charge in [-0.1, -0.05) is 12.1 Å². The van der Waals surface area contributed by atoms with Crippen LogP contribution in [0.5, 0.6) is 0 Å². The minimum atomic E-state index is -0.315. The van der Waals surface area contributed by atoms with Crippen molar-refractivity contribution in [1.29, 1.82) is 0 Å². The number of aromatic nitrogens is 2. The molecule has 0 spiro atoms. The maximum Gasteiger partial charge on any atom is 0.270 e. The van der Waals surface area contributed by atoms with Gasteiger partial charge >= 0.3 is 0 Å². The minimum Gasteiger partial charge on any atom is -0.347 e. The average Bonchev–Trinajstić information content (AvgIpc) is 3.31. The van der Waals surface area contributed by atoms with E-state index in [4.69, 9.17) is 0 Å². The maximum atomic E-state index is 12.4. The molecule has 2 amide bonds. The summed E-state index contributed by atoms with van der Waals surface area (Å²) >= 11 is 3.14. The third-order valence-electron chi connectivity index (χ3n) is 3.41. The second-order valence-corrected chi connectivity index (χ2v) is 7.12. The fourth-order valence-corrected chi connectivity index (χ4v) is 3.50. The number of hydrogen-bond donors (Lipinski definition) is 2. The molecule has 0 radical (unpaired) electrons. The van der Waals surface area contributed by atoms with E-state index in [-0.39, 0.29) is 23.1 Å². The van der Waals surface area contributed by atoms with Crippen molar-refractivity contribution in [3.8, 4) is 0 Å². The molecule has 3 aromatic rings. The molecule has 3 heterocycles. The summed E-state index contributed by atoms with van der Waals surface area (Å²) < 4.78 is 1.42. The molecule has 2 N–H and O–H groups in total. The topological polar surface area (TPSA) is 76.0 Å². The molecule has 0 unspecified atom stereocenters. The van der Waals surface area contributed by atoms with E-state index in [9.17, 15) is 9.59 Å². The van der Waals surface area contributed by atoms with Gasteiger partial charge in [0.15, 0.2) is 0 Å². The fourth-order valence-electron chi connectivity index (χ4n) is 2.21. The van der Waals surface area contributed by atoms with Crippen molar-refractivity contribution in [3.05, 3.63) is 62.2 Å². The standard InChI is InChI=1S/C16H16N4O2S2/c1-20-14(16(22)18-9-12-5-3-7-24-12)13(10-19-20)15(21)17-8-11-4-2-6-23-11/h2-7,10H,8-9H2,1H3,(H,17,21)(H,18,22). The first-order chi connectivity index (χ1) is 11.6. The molecule has 3 rings (SSSR count). The largest absolute Gasteiger partial charge is 0.347 e. The minimum absolute atomic E-state index is 0.259. The Morgan fingerprint density at radius 3 is 2.17 bits per heavy atom. The van der Waals surface area contributed by atoms with Gasteiger partial charge in [0.05, 0.1) is 24.8 Å². The zero-order chi connectivity index (χ0) is 16.9. The molecule has 0 bridgehead atoms. The van der Waals surface area contributed by atoms with Gasteiger partial charge in [-0.3, -0.25) is 14.3 Å². The lowest BCUT2D eigenvalue weighted by atomic mass is 10.2. The molecule has 6 nitrogen and oxygen atoms in total. The molecule has 24 heavy (non-hydrogen) atoms. The van der Waals surface area contributed by atoms with Crippen LogP contribution in [0.15, 0.2) is 41.2 Å². The number of amides is 2. The first-order valence-corrected chi connectivity index (χ1v) is 9.04. The third-order valence-corrected chi connectivity index (χ3v) is 5.16. The summed E-state index contributed by atoms with van der Waals surface area (Å²) in [5, 5.41) is 13.6. The van der Waals surface area contributed by atoms with Crippen molar-refractivity contribution in [2.75, 3.05) is 0 Å². The van der Waals surface area contributed by atoms with Crippen LogP contribution < -0.4 is 10.6 Å². The van der Waals surface area contributed by atoms with Gasteiger partial charge in [-0.25, -0.2) is 0 Å². The zero-order valence-electron chi connectivity index (χ0n) is 13.0. The molecular weight excluding hydrogens is 344 g/mol. The highest BCUT2D eigenvalue weighted by molar-refractivity contribution is 7.10. The summed E-state index contributed by atoms with van der Waals surface area (Å²) in [6.07, 6.45) is 1.42. The van der Waals surface area contributed by atoms with E-state index in [1.165, 1.54) is 10.9 Å². The number of thiophene rings is 2. The highest BCUT2D eigenvalue weighted by Gasteiger charge is 2.21. The number of rotatable bonds is 6. The summed E-state index contributed by atoms with van der Waals surface area (Å²) in [6, 6.07) is 7.75. The maximum absolute atomic E-state index is 12.4. The Labute approximate surface area is 147 Å². The van der Waals surface area contributed by atoms with Crippen LogP contribution in [-0.4, -0.2) is 21.6 Å². The van der Waals surface area contributed by atoms with E-state index in [1.54, 1.807) is 29.7 Å². The number of carbonyl (C=O) groups excluding carboxylic acids is 2. The van der Waals surface area contributed by atoms with Gasteiger partial charge in [-0.05, 0) is 22.9 Å². The molecule has 0 atom stereocenters. The molecular formula is C16H16N4O2S2. The first kappa shape index (κ1) is 16.4. The number of nitrogens with zero attached hydrogens (tertiary/aromatic N) is 2. The molecule has 0 saturated carbocycles. The normalized spacial score (nSPS) is 10.5. The molecule has 3 aromatic heterocycles. The van der Waals surface area contributed by atoms with Crippen LogP contribution in [0.4, 0.5) is 0 Å². The second-order valence-electron chi connectivity index (χ2n) is 5.05. The van der Waals surface area contributed by atoms with Gasteiger partial charge in [-0.15, -0.1) is 22.7 Å². The highest BCUT2D eigenvalue weighted by atomic mass is 32.1. The molecule has 8 heteroatoms. The molecule has 0 aromatic carbocycles. The van der Waals surface area contributed by atoms with E-state index in [0.29, 0.717) is 13.1 Å². The lowest BCUT2D eigenvalue weighted by Gasteiger charge is -2.07. The van der Waals surface area contributed by atoms with Gasteiger partial charge in [0, 0.05) is 16.8 Å². The lowest BCUT2D eigenvalue weighted by Crippen LogP contribution is -2.29. The van der Waals surface area contributed by atoms with E-state index >= 15 is 0 Å². The van der Waals surface area contributed by atoms with Crippen LogP contribution in [0, 0.1) is 0 Å². The number of carbonyl (C=O) groups is 2. The molecule has 0 saturated heterocycles. The van der Waals surface area contributed by atoms with E-state index < -0.39 is 0 Å². The molecule has 0 aliphatic rings. The summed E-state index contributed by atoms with van der Waals surface area (Å²) in [4.78, 5) is 26.9. The Morgan fingerprint density at radius 1 is 1.04 bits per heavy atom. The summed E-state index contributed by atoms with van der Waals surface area (Å²) in [5.74, 6) is -0.623. The van der Waals surface area contributed by atoms with Crippen LogP contribution in [0.2, 0.25) is 0 Å². The number of nitrogens with one attached hydrogen (secondary N) is 2. The Hall–Kier alpha value is -2.45. The summed E-state index contributed by atoms with van der Waals surface area (Å²) in [7, 11) is 1.65. The van der Waals surface area contributed by atoms with Crippen molar-refractivity contribution in [2.24, 2.45) is 7.05 Å². The SMILES string of the molecule is Cn1ncc(C(=O)NCc2cccs2)c1C(=O)NCc1cccs1. The monoisotopic (exact) mass is 360 g/mol. The van der Waals surface area contributed by atoms with Crippen molar-refractivity contribution in [2.45, 2.75) is 13.1 Å². The number of hydrogen-bond acceptors (Lipinski definition) is 5. The summed E-state index contributed by atoms with van der Waals surface area (Å²) in [5.41, 5.74) is 0.535. The van der Waals surface area contributed by atoms with Crippen LogP contribution in [-0.2, 0) is 20.1 Å². The van der Waals surface area contributed by atoms with Crippen LogP contribution in [0.1, 0.15) is 30.6 Å².